The van der Waals surface area contributed by atoms with Gasteiger partial charge in [0.05, 0.1) is 29.8 Å². The third-order valence-corrected chi connectivity index (χ3v) is 5.65. The van der Waals surface area contributed by atoms with Crippen LogP contribution in [-0.2, 0) is 0 Å². The molecule has 5 aromatic heterocycles. The molecule has 0 bridgehead atoms. The Morgan fingerprint density at radius 3 is 2.83 bits per heavy atom. The maximum Gasteiger partial charge on any atom is 0.159 e. The van der Waals surface area contributed by atoms with Crippen LogP contribution in [-0.4, -0.2) is 43.2 Å². The molecule has 0 aliphatic carbocycles. The third kappa shape index (κ3) is 2.72. The summed E-state index contributed by atoms with van der Waals surface area (Å²) in [5.41, 5.74) is 6.23. The molecule has 0 atom stereocenters. The predicted molar refractivity (Wildman–Crippen MR) is 109 cm³/mol. The smallest absolute Gasteiger partial charge is 0.159 e. The average Bonchev–Trinajstić information content (AvgIpc) is 3.52. The van der Waals surface area contributed by atoms with Gasteiger partial charge >= 0.3 is 0 Å². The number of aromatic nitrogens is 6. The fourth-order valence-electron chi connectivity index (χ4n) is 4.11. The zero-order valence-electron chi connectivity index (χ0n) is 15.6. The first-order valence-electron chi connectivity index (χ1n) is 9.79. The van der Waals surface area contributed by atoms with E-state index in [1.165, 1.54) is 0 Å². The van der Waals surface area contributed by atoms with Gasteiger partial charge in [0.25, 0.3) is 0 Å². The van der Waals surface area contributed by atoms with Crippen LogP contribution >= 0.6 is 0 Å². The van der Waals surface area contributed by atoms with Crippen LogP contribution in [0.4, 0.5) is 0 Å². The van der Waals surface area contributed by atoms with Gasteiger partial charge in [-0.2, -0.15) is 5.10 Å². The fourth-order valence-corrected chi connectivity index (χ4v) is 4.11. The van der Waals surface area contributed by atoms with Crippen molar-refractivity contribution in [1.29, 1.82) is 0 Å². The first kappa shape index (κ1) is 16.4. The molecule has 8 nitrogen and oxygen atoms in total. The van der Waals surface area contributed by atoms with Crippen LogP contribution in [0, 0.1) is 0 Å². The van der Waals surface area contributed by atoms with E-state index in [4.69, 9.17) is 9.40 Å². The minimum Gasteiger partial charge on any atom is -0.472 e. The number of piperidine rings is 1. The standard InChI is InChI=1S/C21H19N7O/c1-5-22-6-2-12(1)16-9-14-17(10-24-16)27-28-19(14)21-25-15-3-7-23-18(20(15)26-21)13-4-8-29-11-13/h3-4,7-12,22H,1-2,5-6H2,(H,25,26)(H,27,28). The molecule has 0 aromatic carbocycles. The quantitative estimate of drug-likeness (QED) is 0.438. The van der Waals surface area contributed by atoms with E-state index in [9.17, 15) is 0 Å². The van der Waals surface area contributed by atoms with Gasteiger partial charge in [0, 0.05) is 28.8 Å². The summed E-state index contributed by atoms with van der Waals surface area (Å²) in [6.45, 7) is 2.08. The summed E-state index contributed by atoms with van der Waals surface area (Å²) >= 11 is 0. The Labute approximate surface area is 165 Å². The molecular weight excluding hydrogens is 366 g/mol. The van der Waals surface area contributed by atoms with E-state index in [0.717, 1.165) is 70.5 Å². The molecular formula is C21H19N7O. The second kappa shape index (κ2) is 6.52. The SMILES string of the molecule is c1cc2[nH]c(-c3n[nH]c4cnc(C5CCNCC5)cc34)nc2c(-c2ccoc2)n1. The molecule has 29 heavy (non-hydrogen) atoms. The van der Waals surface area contributed by atoms with Crippen LogP contribution in [0.3, 0.4) is 0 Å². The lowest BCUT2D eigenvalue weighted by Gasteiger charge is -2.21. The van der Waals surface area contributed by atoms with Crippen LogP contribution in [0.2, 0.25) is 0 Å². The molecule has 0 unspecified atom stereocenters. The molecule has 0 radical (unpaired) electrons. The molecule has 0 saturated carbocycles. The number of imidazole rings is 1. The monoisotopic (exact) mass is 385 g/mol. The van der Waals surface area contributed by atoms with E-state index in [2.05, 4.69) is 36.5 Å². The Kier molecular flexibility index (Phi) is 3.70. The first-order valence-corrected chi connectivity index (χ1v) is 9.79. The molecule has 6 rings (SSSR count). The lowest BCUT2D eigenvalue weighted by atomic mass is 9.93. The number of nitrogens with zero attached hydrogens (tertiary/aromatic N) is 4. The highest BCUT2D eigenvalue weighted by Crippen LogP contribution is 2.32. The highest BCUT2D eigenvalue weighted by atomic mass is 16.3. The summed E-state index contributed by atoms with van der Waals surface area (Å²) < 4.78 is 5.22. The number of hydrogen-bond donors (Lipinski definition) is 3. The molecule has 144 valence electrons. The first-order chi connectivity index (χ1) is 14.4. The Morgan fingerprint density at radius 1 is 1.03 bits per heavy atom. The van der Waals surface area contributed by atoms with Crippen molar-refractivity contribution in [3.05, 3.63) is 48.8 Å². The largest absolute Gasteiger partial charge is 0.472 e. The highest BCUT2D eigenvalue weighted by molar-refractivity contribution is 5.95. The van der Waals surface area contributed by atoms with Gasteiger partial charge in [-0.15, -0.1) is 0 Å². The summed E-state index contributed by atoms with van der Waals surface area (Å²) in [6, 6.07) is 5.97. The van der Waals surface area contributed by atoms with Crippen molar-refractivity contribution >= 4 is 21.9 Å². The van der Waals surface area contributed by atoms with Gasteiger partial charge in [0.1, 0.15) is 16.9 Å². The van der Waals surface area contributed by atoms with Crippen LogP contribution in [0.5, 0.6) is 0 Å². The molecule has 3 N–H and O–H groups in total. The number of rotatable bonds is 3. The zero-order valence-corrected chi connectivity index (χ0v) is 15.6. The van der Waals surface area contributed by atoms with Crippen molar-refractivity contribution in [2.75, 3.05) is 13.1 Å². The Morgan fingerprint density at radius 2 is 1.97 bits per heavy atom. The summed E-state index contributed by atoms with van der Waals surface area (Å²) in [6.07, 6.45) is 9.18. The number of fused-ring (bicyclic) bond motifs is 2. The van der Waals surface area contributed by atoms with Crippen molar-refractivity contribution in [2.45, 2.75) is 18.8 Å². The second-order valence-electron chi connectivity index (χ2n) is 7.40. The maximum absolute atomic E-state index is 5.22. The topological polar surface area (TPSA) is 108 Å². The van der Waals surface area contributed by atoms with Gasteiger partial charge < -0.3 is 14.7 Å². The number of H-pyrrole nitrogens is 2. The van der Waals surface area contributed by atoms with Crippen molar-refractivity contribution in [3.8, 4) is 22.8 Å². The molecule has 1 fully saturated rings. The Balaban J connectivity index is 1.48. The summed E-state index contributed by atoms with van der Waals surface area (Å²) in [5.74, 6) is 1.20. The summed E-state index contributed by atoms with van der Waals surface area (Å²) in [7, 11) is 0. The van der Waals surface area contributed by atoms with Gasteiger partial charge in [-0.25, -0.2) is 4.98 Å². The van der Waals surface area contributed by atoms with Crippen molar-refractivity contribution in [2.24, 2.45) is 0 Å². The number of aromatic amines is 2. The van der Waals surface area contributed by atoms with Crippen molar-refractivity contribution in [1.82, 2.24) is 35.5 Å². The second-order valence-corrected chi connectivity index (χ2v) is 7.40. The van der Waals surface area contributed by atoms with E-state index in [-0.39, 0.29) is 0 Å². The van der Waals surface area contributed by atoms with E-state index in [1.807, 2.05) is 18.3 Å². The highest BCUT2D eigenvalue weighted by Gasteiger charge is 2.20. The zero-order chi connectivity index (χ0) is 19.2. The molecule has 6 heterocycles. The average molecular weight is 385 g/mol. The predicted octanol–water partition coefficient (Wildman–Crippen LogP) is 3.62. The molecule has 0 spiro atoms. The molecule has 1 aliphatic rings. The van der Waals surface area contributed by atoms with Gasteiger partial charge in [0.2, 0.25) is 0 Å². The van der Waals surface area contributed by atoms with Gasteiger partial charge in [-0.05, 0) is 44.1 Å². The summed E-state index contributed by atoms with van der Waals surface area (Å²) in [4.78, 5) is 17.4. The van der Waals surface area contributed by atoms with Crippen molar-refractivity contribution in [3.63, 3.8) is 0 Å². The lowest BCUT2D eigenvalue weighted by Crippen LogP contribution is -2.27. The molecule has 5 aromatic rings. The van der Waals surface area contributed by atoms with Gasteiger partial charge in [-0.3, -0.25) is 15.1 Å². The minimum atomic E-state index is 0.482. The van der Waals surface area contributed by atoms with E-state index in [0.29, 0.717) is 11.7 Å². The molecule has 1 aliphatic heterocycles. The van der Waals surface area contributed by atoms with Crippen LogP contribution in [0.15, 0.2) is 47.5 Å². The van der Waals surface area contributed by atoms with Crippen LogP contribution in [0.25, 0.3) is 44.7 Å². The van der Waals surface area contributed by atoms with Crippen LogP contribution in [0.1, 0.15) is 24.5 Å². The number of pyridine rings is 2. The maximum atomic E-state index is 5.22. The molecule has 0 amide bonds. The molecule has 1 saturated heterocycles. The number of hydrogen-bond acceptors (Lipinski definition) is 6. The van der Waals surface area contributed by atoms with Crippen molar-refractivity contribution < 1.29 is 4.42 Å². The van der Waals surface area contributed by atoms with E-state index < -0.39 is 0 Å². The Bertz CT molecular complexity index is 1300. The Hall–Kier alpha value is -3.52. The normalized spacial score (nSPS) is 15.4. The number of furan rings is 1. The summed E-state index contributed by atoms with van der Waals surface area (Å²) in [5, 5.41) is 12.1. The third-order valence-electron chi connectivity index (χ3n) is 5.65. The van der Waals surface area contributed by atoms with Gasteiger partial charge in [-0.1, -0.05) is 0 Å². The van der Waals surface area contributed by atoms with Crippen LogP contribution < -0.4 is 5.32 Å². The fraction of sp³-hybridized carbons (Fsp3) is 0.238. The molecule has 8 heteroatoms. The van der Waals surface area contributed by atoms with E-state index in [1.54, 1.807) is 18.7 Å². The van der Waals surface area contributed by atoms with E-state index >= 15 is 0 Å². The minimum absolute atomic E-state index is 0.482. The lowest BCUT2D eigenvalue weighted by molar-refractivity contribution is 0.453. The van der Waals surface area contributed by atoms with Gasteiger partial charge in [0.15, 0.2) is 5.82 Å². The number of nitrogens with one attached hydrogen (secondary N) is 3.